The first-order valence-electron chi connectivity index (χ1n) is 5.01. The maximum atomic E-state index is 8.67. The quantitative estimate of drug-likeness (QED) is 0.729. The van der Waals surface area contributed by atoms with Crippen LogP contribution in [-0.2, 0) is 6.42 Å². The molecule has 0 saturated heterocycles. The average Bonchev–Trinajstić information content (AvgIpc) is 2.17. The van der Waals surface area contributed by atoms with E-state index < -0.39 is 0 Å². The highest BCUT2D eigenvalue weighted by atomic mass is 16.5. The van der Waals surface area contributed by atoms with Crippen molar-refractivity contribution in [2.45, 2.75) is 26.2 Å². The molecule has 78 valence electrons. The summed E-state index contributed by atoms with van der Waals surface area (Å²) < 4.78 is 5.19. The molecule has 2 nitrogen and oxygen atoms in total. The Morgan fingerprint density at radius 2 is 2.00 bits per heavy atom. The summed E-state index contributed by atoms with van der Waals surface area (Å²) in [4.78, 5) is 0. The highest BCUT2D eigenvalue weighted by Gasteiger charge is 1.98. The lowest BCUT2D eigenvalue weighted by Crippen LogP contribution is -1.91. The van der Waals surface area contributed by atoms with Crippen molar-refractivity contribution in [3.05, 3.63) is 29.3 Å². The molecule has 0 aliphatic carbocycles. The number of aliphatic hydroxyl groups excluding tert-OH is 1. The molecule has 0 aromatic heterocycles. The van der Waals surface area contributed by atoms with Crippen LogP contribution in [0.3, 0.4) is 0 Å². The first kappa shape index (κ1) is 11.1. The molecule has 1 N–H and O–H groups in total. The highest BCUT2D eigenvalue weighted by molar-refractivity contribution is 5.33. The number of rotatable bonds is 5. The van der Waals surface area contributed by atoms with E-state index in [0.717, 1.165) is 25.0 Å². The lowest BCUT2D eigenvalue weighted by molar-refractivity contribution is 0.284. The summed E-state index contributed by atoms with van der Waals surface area (Å²) in [6.45, 7) is 2.35. The Balaban J connectivity index is 2.62. The lowest BCUT2D eigenvalue weighted by atomic mass is 10.1. The summed E-state index contributed by atoms with van der Waals surface area (Å²) in [5.41, 5.74) is 2.51. The number of methoxy groups -OCH3 is 1. The predicted molar refractivity (Wildman–Crippen MR) is 57.8 cm³/mol. The van der Waals surface area contributed by atoms with E-state index in [0.29, 0.717) is 0 Å². The molecule has 0 radical (unpaired) electrons. The number of unbranched alkanes of at least 4 members (excludes halogenated alkanes) is 1. The Morgan fingerprint density at radius 3 is 2.64 bits per heavy atom. The van der Waals surface area contributed by atoms with Gasteiger partial charge >= 0.3 is 0 Å². The van der Waals surface area contributed by atoms with Gasteiger partial charge in [-0.05, 0) is 49.4 Å². The lowest BCUT2D eigenvalue weighted by Gasteiger charge is -2.06. The van der Waals surface area contributed by atoms with Crippen molar-refractivity contribution in [2.24, 2.45) is 0 Å². The molecule has 2 heteroatoms. The molecule has 0 saturated carbocycles. The van der Waals surface area contributed by atoms with E-state index in [1.807, 2.05) is 6.07 Å². The van der Waals surface area contributed by atoms with Crippen LogP contribution >= 0.6 is 0 Å². The number of aryl methyl sites for hydroxylation is 2. The van der Waals surface area contributed by atoms with E-state index in [-0.39, 0.29) is 6.61 Å². The molecule has 0 unspecified atom stereocenters. The molecule has 14 heavy (non-hydrogen) atoms. The first-order valence-corrected chi connectivity index (χ1v) is 5.01. The molecule has 0 bridgehead atoms. The minimum absolute atomic E-state index is 0.281. The van der Waals surface area contributed by atoms with Gasteiger partial charge in [0.05, 0.1) is 7.11 Å². The van der Waals surface area contributed by atoms with Gasteiger partial charge in [0, 0.05) is 6.61 Å². The zero-order chi connectivity index (χ0) is 10.4. The zero-order valence-corrected chi connectivity index (χ0v) is 8.92. The standard InChI is InChI=1S/C12H18O2/c1-10-7-11(5-3-4-6-13)9-12(8-10)14-2/h7-9,13H,3-6H2,1-2H3. The van der Waals surface area contributed by atoms with E-state index in [4.69, 9.17) is 9.84 Å². The Kier molecular flexibility index (Phi) is 4.47. The number of hydrogen-bond acceptors (Lipinski definition) is 2. The van der Waals surface area contributed by atoms with Crippen LogP contribution in [0.1, 0.15) is 24.0 Å². The monoisotopic (exact) mass is 194 g/mol. The second kappa shape index (κ2) is 5.66. The zero-order valence-electron chi connectivity index (χ0n) is 8.92. The highest BCUT2D eigenvalue weighted by Crippen LogP contribution is 2.17. The van der Waals surface area contributed by atoms with Gasteiger partial charge < -0.3 is 9.84 Å². The van der Waals surface area contributed by atoms with Crippen LogP contribution in [0, 0.1) is 6.92 Å². The van der Waals surface area contributed by atoms with Crippen LogP contribution in [0.4, 0.5) is 0 Å². The van der Waals surface area contributed by atoms with Crippen LogP contribution in [0.2, 0.25) is 0 Å². The molecule has 0 spiro atoms. The predicted octanol–water partition coefficient (Wildman–Crippen LogP) is 2.32. The van der Waals surface area contributed by atoms with Crippen molar-refractivity contribution in [3.63, 3.8) is 0 Å². The van der Waals surface area contributed by atoms with Crippen molar-refractivity contribution in [1.82, 2.24) is 0 Å². The maximum absolute atomic E-state index is 8.67. The molecular weight excluding hydrogens is 176 g/mol. The first-order chi connectivity index (χ1) is 6.76. The molecule has 0 fully saturated rings. The van der Waals surface area contributed by atoms with Crippen LogP contribution in [-0.4, -0.2) is 18.8 Å². The fourth-order valence-corrected chi connectivity index (χ4v) is 1.53. The average molecular weight is 194 g/mol. The SMILES string of the molecule is COc1cc(C)cc(CCCCO)c1. The van der Waals surface area contributed by atoms with Gasteiger partial charge in [0.15, 0.2) is 0 Å². The van der Waals surface area contributed by atoms with Crippen molar-refractivity contribution >= 4 is 0 Å². The van der Waals surface area contributed by atoms with Gasteiger partial charge in [0.25, 0.3) is 0 Å². The van der Waals surface area contributed by atoms with E-state index in [1.54, 1.807) is 7.11 Å². The van der Waals surface area contributed by atoms with Crippen molar-refractivity contribution in [1.29, 1.82) is 0 Å². The normalized spacial score (nSPS) is 10.2. The van der Waals surface area contributed by atoms with Crippen LogP contribution in [0.25, 0.3) is 0 Å². The van der Waals surface area contributed by atoms with Gasteiger partial charge in [-0.1, -0.05) is 6.07 Å². The topological polar surface area (TPSA) is 29.5 Å². The molecule has 1 rings (SSSR count). The molecule has 0 heterocycles. The van der Waals surface area contributed by atoms with Gasteiger partial charge in [-0.2, -0.15) is 0 Å². The summed E-state index contributed by atoms with van der Waals surface area (Å²) in [6.07, 6.45) is 2.91. The fourth-order valence-electron chi connectivity index (χ4n) is 1.53. The van der Waals surface area contributed by atoms with Crippen molar-refractivity contribution in [3.8, 4) is 5.75 Å². The smallest absolute Gasteiger partial charge is 0.119 e. The Morgan fingerprint density at radius 1 is 1.21 bits per heavy atom. The third kappa shape index (κ3) is 3.38. The minimum atomic E-state index is 0.281. The summed E-state index contributed by atoms with van der Waals surface area (Å²) >= 11 is 0. The molecular formula is C12H18O2. The molecule has 1 aromatic carbocycles. The number of hydrogen-bond donors (Lipinski definition) is 1. The summed E-state index contributed by atoms with van der Waals surface area (Å²) in [7, 11) is 1.69. The second-order valence-corrected chi connectivity index (χ2v) is 3.54. The third-order valence-electron chi connectivity index (χ3n) is 2.22. The van der Waals surface area contributed by atoms with Gasteiger partial charge in [0.1, 0.15) is 5.75 Å². The largest absolute Gasteiger partial charge is 0.497 e. The van der Waals surface area contributed by atoms with E-state index in [1.165, 1.54) is 11.1 Å². The Labute approximate surface area is 85.5 Å². The molecule has 0 amide bonds. The van der Waals surface area contributed by atoms with E-state index >= 15 is 0 Å². The summed E-state index contributed by atoms with van der Waals surface area (Å²) in [5, 5.41) is 8.67. The van der Waals surface area contributed by atoms with Gasteiger partial charge in [-0.3, -0.25) is 0 Å². The number of benzene rings is 1. The Bertz CT molecular complexity index is 282. The van der Waals surface area contributed by atoms with E-state index in [2.05, 4.69) is 19.1 Å². The van der Waals surface area contributed by atoms with Gasteiger partial charge in [-0.15, -0.1) is 0 Å². The molecule has 0 aliphatic rings. The molecule has 1 aromatic rings. The van der Waals surface area contributed by atoms with Gasteiger partial charge in [-0.25, -0.2) is 0 Å². The minimum Gasteiger partial charge on any atom is -0.497 e. The van der Waals surface area contributed by atoms with Crippen LogP contribution < -0.4 is 4.74 Å². The van der Waals surface area contributed by atoms with Crippen molar-refractivity contribution < 1.29 is 9.84 Å². The van der Waals surface area contributed by atoms with Crippen LogP contribution in [0.5, 0.6) is 5.75 Å². The number of ether oxygens (including phenoxy) is 1. The molecule has 0 aliphatic heterocycles. The Hall–Kier alpha value is -1.02. The maximum Gasteiger partial charge on any atom is 0.119 e. The fraction of sp³-hybridized carbons (Fsp3) is 0.500. The van der Waals surface area contributed by atoms with Crippen molar-refractivity contribution in [2.75, 3.05) is 13.7 Å². The summed E-state index contributed by atoms with van der Waals surface area (Å²) in [5.74, 6) is 0.920. The van der Waals surface area contributed by atoms with E-state index in [9.17, 15) is 0 Å². The third-order valence-corrected chi connectivity index (χ3v) is 2.22. The van der Waals surface area contributed by atoms with Crippen LogP contribution in [0.15, 0.2) is 18.2 Å². The molecule has 0 atom stereocenters. The van der Waals surface area contributed by atoms with Gasteiger partial charge in [0.2, 0.25) is 0 Å². The second-order valence-electron chi connectivity index (χ2n) is 3.54. The summed E-state index contributed by atoms with van der Waals surface area (Å²) in [6, 6.07) is 6.25. The number of aliphatic hydroxyl groups is 1.